The second-order valence-electron chi connectivity index (χ2n) is 6.64. The van der Waals surface area contributed by atoms with Gasteiger partial charge in [0.1, 0.15) is 12.2 Å². The second-order valence-corrected chi connectivity index (χ2v) is 6.64. The summed E-state index contributed by atoms with van der Waals surface area (Å²) in [6, 6.07) is 9.46. The Hall–Kier alpha value is -1.64. The summed E-state index contributed by atoms with van der Waals surface area (Å²) < 4.78 is 1.76. The molecule has 0 saturated heterocycles. The molecule has 2 unspecified atom stereocenters. The van der Waals surface area contributed by atoms with Crippen LogP contribution in [0.2, 0.25) is 0 Å². The summed E-state index contributed by atoms with van der Waals surface area (Å²) >= 11 is 0. The molecule has 136 valence electrons. The summed E-state index contributed by atoms with van der Waals surface area (Å²) in [7, 11) is 3.68. The number of nitrogens with zero attached hydrogens (tertiary/aromatic N) is 4. The highest BCUT2D eigenvalue weighted by molar-refractivity contribution is 14.0. The third kappa shape index (κ3) is 4.93. The molecule has 6 nitrogen and oxygen atoms in total. The van der Waals surface area contributed by atoms with E-state index in [0.29, 0.717) is 24.4 Å². The van der Waals surface area contributed by atoms with E-state index >= 15 is 0 Å². The third-order valence-corrected chi connectivity index (χ3v) is 4.59. The van der Waals surface area contributed by atoms with Crippen molar-refractivity contribution in [2.45, 2.75) is 44.7 Å². The number of aromatic nitrogens is 3. The third-order valence-electron chi connectivity index (χ3n) is 4.59. The van der Waals surface area contributed by atoms with E-state index in [-0.39, 0.29) is 24.0 Å². The molecule has 2 atom stereocenters. The zero-order valence-corrected chi connectivity index (χ0v) is 17.6. The van der Waals surface area contributed by atoms with Gasteiger partial charge < -0.3 is 10.6 Å². The van der Waals surface area contributed by atoms with Crippen molar-refractivity contribution in [3.05, 3.63) is 47.5 Å². The van der Waals surface area contributed by atoms with Crippen LogP contribution < -0.4 is 10.6 Å². The Morgan fingerprint density at radius 1 is 1.32 bits per heavy atom. The van der Waals surface area contributed by atoms with E-state index in [4.69, 9.17) is 0 Å². The minimum Gasteiger partial charge on any atom is -0.353 e. The Labute approximate surface area is 166 Å². The molecule has 1 heterocycles. The smallest absolute Gasteiger partial charge is 0.191 e. The lowest BCUT2D eigenvalue weighted by Crippen LogP contribution is -2.39. The number of hydrogen-bond acceptors (Lipinski definition) is 3. The highest BCUT2D eigenvalue weighted by Gasteiger charge is 2.38. The molecule has 0 amide bonds. The SMILES string of the molecule is CN=C(NCc1ncnn1C)NC1CC1c1ccc(C(C)C)cc1.I. The molecule has 3 rings (SSSR count). The number of benzene rings is 1. The van der Waals surface area contributed by atoms with Gasteiger partial charge in [-0.05, 0) is 23.5 Å². The summed E-state index contributed by atoms with van der Waals surface area (Å²) in [4.78, 5) is 8.51. The van der Waals surface area contributed by atoms with Crippen LogP contribution in [0, 0.1) is 0 Å². The molecule has 25 heavy (non-hydrogen) atoms. The zero-order chi connectivity index (χ0) is 17.1. The average molecular weight is 454 g/mol. The molecule has 1 fully saturated rings. The molecule has 0 aliphatic heterocycles. The number of nitrogens with one attached hydrogen (secondary N) is 2. The van der Waals surface area contributed by atoms with Crippen molar-refractivity contribution < 1.29 is 0 Å². The number of guanidine groups is 1. The molecular weight excluding hydrogens is 427 g/mol. The highest BCUT2D eigenvalue weighted by atomic mass is 127. The van der Waals surface area contributed by atoms with Gasteiger partial charge in [-0.2, -0.15) is 5.10 Å². The van der Waals surface area contributed by atoms with Crippen LogP contribution in [-0.2, 0) is 13.6 Å². The van der Waals surface area contributed by atoms with Crippen LogP contribution in [0.5, 0.6) is 0 Å². The molecule has 1 aromatic carbocycles. The fourth-order valence-electron chi connectivity index (χ4n) is 2.86. The van der Waals surface area contributed by atoms with Crippen LogP contribution >= 0.6 is 24.0 Å². The Morgan fingerprint density at radius 3 is 2.60 bits per heavy atom. The van der Waals surface area contributed by atoms with E-state index in [9.17, 15) is 0 Å². The lowest BCUT2D eigenvalue weighted by Gasteiger charge is -2.12. The first kappa shape index (κ1) is 19.7. The summed E-state index contributed by atoms with van der Waals surface area (Å²) in [6.45, 7) is 5.06. The fourth-order valence-corrected chi connectivity index (χ4v) is 2.86. The van der Waals surface area contributed by atoms with Crippen LogP contribution in [0.15, 0.2) is 35.6 Å². The number of aliphatic imine (C=N–C) groups is 1. The first-order chi connectivity index (χ1) is 11.6. The predicted octanol–water partition coefficient (Wildman–Crippen LogP) is 2.78. The van der Waals surface area contributed by atoms with Crippen molar-refractivity contribution in [1.82, 2.24) is 25.4 Å². The number of rotatable bonds is 5. The molecule has 2 aromatic rings. The molecule has 0 spiro atoms. The van der Waals surface area contributed by atoms with Crippen LogP contribution in [0.3, 0.4) is 0 Å². The van der Waals surface area contributed by atoms with E-state index in [1.165, 1.54) is 11.1 Å². The van der Waals surface area contributed by atoms with Crippen LogP contribution in [0.25, 0.3) is 0 Å². The van der Waals surface area contributed by atoms with Gasteiger partial charge in [-0.3, -0.25) is 9.67 Å². The lowest BCUT2D eigenvalue weighted by molar-refractivity contribution is 0.671. The Bertz CT molecular complexity index is 707. The topological polar surface area (TPSA) is 67.1 Å². The van der Waals surface area contributed by atoms with Crippen molar-refractivity contribution in [2.75, 3.05) is 7.05 Å². The summed E-state index contributed by atoms with van der Waals surface area (Å²) in [5.41, 5.74) is 2.80. The molecule has 1 aliphatic carbocycles. The normalized spacial score (nSPS) is 19.5. The van der Waals surface area contributed by atoms with E-state index in [1.54, 1.807) is 18.1 Å². The number of halogens is 1. The maximum atomic E-state index is 4.30. The van der Waals surface area contributed by atoms with Crippen LogP contribution in [0.1, 0.15) is 49.1 Å². The van der Waals surface area contributed by atoms with Gasteiger partial charge in [-0.1, -0.05) is 38.1 Å². The van der Waals surface area contributed by atoms with Gasteiger partial charge in [0.25, 0.3) is 0 Å². The van der Waals surface area contributed by atoms with Gasteiger partial charge in [0, 0.05) is 26.1 Å². The second kappa shape index (κ2) is 8.64. The summed E-state index contributed by atoms with van der Waals surface area (Å²) in [5, 5.41) is 10.9. The van der Waals surface area contributed by atoms with E-state index in [2.05, 4.69) is 63.8 Å². The molecule has 0 bridgehead atoms. The van der Waals surface area contributed by atoms with Crippen LogP contribution in [-0.4, -0.2) is 33.8 Å². The molecule has 1 aliphatic rings. The zero-order valence-electron chi connectivity index (χ0n) is 15.2. The van der Waals surface area contributed by atoms with E-state index < -0.39 is 0 Å². The minimum atomic E-state index is 0. The standard InChI is InChI=1S/C18H26N6.HI/c1-12(2)13-5-7-14(8-6-13)15-9-16(15)23-18(19-3)20-10-17-21-11-22-24(17)4;/h5-8,11-12,15-16H,9-10H2,1-4H3,(H2,19,20,23);1H. The Kier molecular flexibility index (Phi) is 6.80. The largest absolute Gasteiger partial charge is 0.353 e. The van der Waals surface area contributed by atoms with Crippen molar-refractivity contribution >= 4 is 29.9 Å². The van der Waals surface area contributed by atoms with Gasteiger partial charge in [0.05, 0.1) is 6.54 Å². The van der Waals surface area contributed by atoms with Crippen molar-refractivity contribution in [2.24, 2.45) is 12.0 Å². The molecule has 7 heteroatoms. The molecular formula is C18H27IN6. The summed E-state index contributed by atoms with van der Waals surface area (Å²) in [6.07, 6.45) is 2.70. The number of aryl methyl sites for hydroxylation is 1. The van der Waals surface area contributed by atoms with Gasteiger partial charge in [0.2, 0.25) is 0 Å². The quantitative estimate of drug-likeness (QED) is 0.414. The minimum absolute atomic E-state index is 0. The Balaban J connectivity index is 0.00000225. The van der Waals surface area contributed by atoms with Crippen molar-refractivity contribution in [3.63, 3.8) is 0 Å². The van der Waals surface area contributed by atoms with E-state index in [0.717, 1.165) is 18.2 Å². The van der Waals surface area contributed by atoms with Crippen molar-refractivity contribution in [3.8, 4) is 0 Å². The van der Waals surface area contributed by atoms with Gasteiger partial charge >= 0.3 is 0 Å². The van der Waals surface area contributed by atoms with Crippen molar-refractivity contribution in [1.29, 1.82) is 0 Å². The number of hydrogen-bond donors (Lipinski definition) is 2. The fraction of sp³-hybridized carbons (Fsp3) is 0.500. The molecule has 1 saturated carbocycles. The van der Waals surface area contributed by atoms with Crippen LogP contribution in [0.4, 0.5) is 0 Å². The average Bonchev–Trinajstić information content (AvgIpc) is 3.24. The van der Waals surface area contributed by atoms with Gasteiger partial charge in [0.15, 0.2) is 5.96 Å². The maximum absolute atomic E-state index is 4.30. The molecule has 0 radical (unpaired) electrons. The Morgan fingerprint density at radius 2 is 2.04 bits per heavy atom. The molecule has 2 N–H and O–H groups in total. The first-order valence-electron chi connectivity index (χ1n) is 8.48. The summed E-state index contributed by atoms with van der Waals surface area (Å²) in [5.74, 6) is 2.84. The van der Waals surface area contributed by atoms with Gasteiger partial charge in [-0.25, -0.2) is 4.98 Å². The first-order valence-corrected chi connectivity index (χ1v) is 8.48. The lowest BCUT2D eigenvalue weighted by atomic mass is 10.0. The van der Waals surface area contributed by atoms with Gasteiger partial charge in [-0.15, -0.1) is 24.0 Å². The monoisotopic (exact) mass is 454 g/mol. The van der Waals surface area contributed by atoms with E-state index in [1.807, 2.05) is 7.05 Å². The predicted molar refractivity (Wildman–Crippen MR) is 111 cm³/mol. The molecule has 1 aromatic heterocycles. The highest BCUT2D eigenvalue weighted by Crippen LogP contribution is 2.41. The maximum Gasteiger partial charge on any atom is 0.191 e.